The maximum atomic E-state index is 13.6. The van der Waals surface area contributed by atoms with Gasteiger partial charge in [0, 0.05) is 12.6 Å². The van der Waals surface area contributed by atoms with E-state index in [4.69, 9.17) is 9.90 Å². The Morgan fingerprint density at radius 1 is 1.12 bits per heavy atom. The fourth-order valence-electron chi connectivity index (χ4n) is 3.91. The van der Waals surface area contributed by atoms with Crippen molar-refractivity contribution in [3.05, 3.63) is 70.0 Å². The first-order valence-corrected chi connectivity index (χ1v) is 9.52. The standard InChI is InChI=1S/C19H14FN3O2.C2HF3O2/c20-11-7-8-12-14(10-11)21-17-16-6-3-9-22(16)18(24)13-4-1-2-5-15(13)23(17)19(12)25;3-2(4,5)1(6)7/h1-2,4-5,7-8,10,16H,3,6,9H2;(H,6,7). The lowest BCUT2D eigenvalue weighted by molar-refractivity contribution is -0.192. The van der Waals surface area contributed by atoms with Crippen LogP contribution in [0, 0.1) is 5.82 Å². The summed E-state index contributed by atoms with van der Waals surface area (Å²) in [4.78, 5) is 41.4. The van der Waals surface area contributed by atoms with Gasteiger partial charge in [0.2, 0.25) is 0 Å². The third-order valence-electron chi connectivity index (χ3n) is 5.29. The number of aromatic nitrogens is 2. The Hall–Kier alpha value is -3.76. The number of nitrogens with zero attached hydrogens (tertiary/aromatic N) is 3. The molecule has 1 saturated heterocycles. The first kappa shape index (κ1) is 21.5. The Kier molecular flexibility index (Phi) is 5.19. The van der Waals surface area contributed by atoms with Gasteiger partial charge < -0.3 is 10.0 Å². The molecule has 5 rings (SSSR count). The molecule has 1 N–H and O–H groups in total. The van der Waals surface area contributed by atoms with Gasteiger partial charge in [0.15, 0.2) is 0 Å². The summed E-state index contributed by atoms with van der Waals surface area (Å²) in [6.45, 7) is 0.634. The van der Waals surface area contributed by atoms with E-state index >= 15 is 0 Å². The molecular formula is C21H15F4N3O4. The van der Waals surface area contributed by atoms with E-state index in [2.05, 4.69) is 4.98 Å². The molecule has 1 fully saturated rings. The number of carboxylic acid groups (broad SMARTS) is 1. The van der Waals surface area contributed by atoms with Crippen LogP contribution in [0.15, 0.2) is 47.3 Å². The van der Waals surface area contributed by atoms with E-state index in [-0.39, 0.29) is 17.5 Å². The molecule has 0 spiro atoms. The summed E-state index contributed by atoms with van der Waals surface area (Å²) < 4.78 is 46.9. The van der Waals surface area contributed by atoms with Gasteiger partial charge in [-0.1, -0.05) is 12.1 Å². The molecule has 11 heteroatoms. The van der Waals surface area contributed by atoms with E-state index in [9.17, 15) is 27.2 Å². The van der Waals surface area contributed by atoms with Crippen LogP contribution >= 0.6 is 0 Å². The van der Waals surface area contributed by atoms with E-state index in [1.165, 1.54) is 22.8 Å². The minimum atomic E-state index is -5.08. The van der Waals surface area contributed by atoms with Gasteiger partial charge in [0.05, 0.1) is 28.2 Å². The zero-order valence-corrected chi connectivity index (χ0v) is 16.3. The number of fused-ring (bicyclic) bond motifs is 6. The van der Waals surface area contributed by atoms with E-state index < -0.39 is 18.0 Å². The van der Waals surface area contributed by atoms with Crippen molar-refractivity contribution in [1.29, 1.82) is 0 Å². The number of hydrogen-bond acceptors (Lipinski definition) is 4. The number of carbonyl (C=O) groups excluding carboxylic acids is 1. The van der Waals surface area contributed by atoms with Crippen molar-refractivity contribution in [2.75, 3.05) is 6.54 Å². The third-order valence-corrected chi connectivity index (χ3v) is 5.29. The number of alkyl halides is 3. The summed E-state index contributed by atoms with van der Waals surface area (Å²) in [5.74, 6) is -2.76. The third kappa shape index (κ3) is 3.59. The number of hydrogen-bond donors (Lipinski definition) is 1. The first-order chi connectivity index (χ1) is 15.1. The summed E-state index contributed by atoms with van der Waals surface area (Å²) in [6.07, 6.45) is -3.48. The Morgan fingerprint density at radius 3 is 2.50 bits per heavy atom. The van der Waals surface area contributed by atoms with Crippen LogP contribution < -0.4 is 5.56 Å². The number of para-hydroxylation sites is 1. The van der Waals surface area contributed by atoms with Crippen LogP contribution in [-0.2, 0) is 4.79 Å². The monoisotopic (exact) mass is 449 g/mol. The summed E-state index contributed by atoms with van der Waals surface area (Å²) in [7, 11) is 0. The average molecular weight is 449 g/mol. The molecule has 166 valence electrons. The second kappa shape index (κ2) is 7.74. The highest BCUT2D eigenvalue weighted by atomic mass is 19.4. The van der Waals surface area contributed by atoms with Crippen molar-refractivity contribution in [2.45, 2.75) is 25.1 Å². The predicted octanol–water partition coefficient (Wildman–Crippen LogP) is 3.45. The maximum absolute atomic E-state index is 13.6. The Bertz CT molecular complexity index is 1300. The number of amides is 1. The molecule has 0 aliphatic carbocycles. The molecule has 2 aliphatic rings. The minimum Gasteiger partial charge on any atom is -0.475 e. The number of halogens is 4. The Morgan fingerprint density at radius 2 is 1.81 bits per heavy atom. The fourth-order valence-corrected chi connectivity index (χ4v) is 3.91. The van der Waals surface area contributed by atoms with E-state index in [1.807, 2.05) is 0 Å². The molecule has 0 radical (unpaired) electrons. The summed E-state index contributed by atoms with van der Waals surface area (Å²) >= 11 is 0. The van der Waals surface area contributed by atoms with Crippen molar-refractivity contribution in [2.24, 2.45) is 0 Å². The van der Waals surface area contributed by atoms with Gasteiger partial charge in [-0.3, -0.25) is 14.2 Å². The van der Waals surface area contributed by atoms with Crippen LogP contribution in [0.25, 0.3) is 16.6 Å². The predicted molar refractivity (Wildman–Crippen MR) is 104 cm³/mol. The summed E-state index contributed by atoms with van der Waals surface area (Å²) in [6, 6.07) is 10.8. The number of carboxylic acids is 1. The molecule has 2 aromatic carbocycles. The topological polar surface area (TPSA) is 92.5 Å². The van der Waals surface area contributed by atoms with Gasteiger partial charge in [-0.05, 0) is 37.1 Å². The maximum Gasteiger partial charge on any atom is 0.490 e. The average Bonchev–Trinajstić information content (AvgIpc) is 3.19. The molecule has 1 amide bonds. The van der Waals surface area contributed by atoms with E-state index in [0.29, 0.717) is 34.5 Å². The highest BCUT2D eigenvalue weighted by Crippen LogP contribution is 2.37. The van der Waals surface area contributed by atoms with Crippen LogP contribution in [0.5, 0.6) is 0 Å². The fraction of sp³-hybridized carbons (Fsp3) is 0.238. The molecule has 0 bridgehead atoms. The van der Waals surface area contributed by atoms with Crippen LogP contribution in [0.2, 0.25) is 0 Å². The molecular weight excluding hydrogens is 434 g/mol. The van der Waals surface area contributed by atoms with Crippen LogP contribution in [0.4, 0.5) is 17.6 Å². The quantitative estimate of drug-likeness (QED) is 0.531. The molecule has 3 aromatic rings. The van der Waals surface area contributed by atoms with Crippen molar-refractivity contribution in [3.63, 3.8) is 0 Å². The molecule has 1 aromatic heterocycles. The van der Waals surface area contributed by atoms with Crippen molar-refractivity contribution < 1.29 is 32.3 Å². The largest absolute Gasteiger partial charge is 0.490 e. The number of benzene rings is 2. The highest BCUT2D eigenvalue weighted by molar-refractivity contribution is 5.99. The molecule has 1 unspecified atom stereocenters. The van der Waals surface area contributed by atoms with Crippen LogP contribution in [0.3, 0.4) is 0 Å². The van der Waals surface area contributed by atoms with Gasteiger partial charge in [-0.2, -0.15) is 13.2 Å². The second-order valence-electron chi connectivity index (χ2n) is 7.25. The number of carbonyl (C=O) groups is 2. The zero-order valence-electron chi connectivity index (χ0n) is 16.3. The van der Waals surface area contributed by atoms with Crippen LogP contribution in [-0.4, -0.2) is 44.2 Å². The Balaban J connectivity index is 0.000000307. The molecule has 0 saturated carbocycles. The summed E-state index contributed by atoms with van der Waals surface area (Å²) in [5, 5.41) is 7.47. The number of rotatable bonds is 0. The van der Waals surface area contributed by atoms with E-state index in [0.717, 1.165) is 12.8 Å². The summed E-state index contributed by atoms with van der Waals surface area (Å²) in [5.41, 5.74) is 1.10. The number of aliphatic carboxylic acids is 1. The molecule has 1 atom stereocenters. The van der Waals surface area contributed by atoms with Crippen LogP contribution in [0.1, 0.15) is 35.1 Å². The van der Waals surface area contributed by atoms with Gasteiger partial charge in [-0.25, -0.2) is 14.2 Å². The normalized spacial score (nSPS) is 17.1. The minimum absolute atomic E-state index is 0.0850. The van der Waals surface area contributed by atoms with Gasteiger partial charge in [-0.15, -0.1) is 0 Å². The molecule has 7 nitrogen and oxygen atoms in total. The second-order valence-corrected chi connectivity index (χ2v) is 7.25. The van der Waals surface area contributed by atoms with Gasteiger partial charge in [0.25, 0.3) is 11.5 Å². The SMILES string of the molecule is O=C(O)C(F)(F)F.O=C1c2ccccc2-n2c(nc3cc(F)ccc3c2=O)C2CCCN12. The molecule has 32 heavy (non-hydrogen) atoms. The van der Waals surface area contributed by atoms with Gasteiger partial charge >= 0.3 is 12.1 Å². The lowest BCUT2D eigenvalue weighted by atomic mass is 10.1. The molecule has 2 aliphatic heterocycles. The first-order valence-electron chi connectivity index (χ1n) is 9.52. The van der Waals surface area contributed by atoms with Gasteiger partial charge in [0.1, 0.15) is 11.6 Å². The highest BCUT2D eigenvalue weighted by Gasteiger charge is 2.39. The molecule has 3 heterocycles. The van der Waals surface area contributed by atoms with Crippen molar-refractivity contribution in [1.82, 2.24) is 14.5 Å². The van der Waals surface area contributed by atoms with Crippen molar-refractivity contribution >= 4 is 22.8 Å². The Labute approximate surface area is 177 Å². The lowest BCUT2D eigenvalue weighted by Gasteiger charge is -2.22. The zero-order chi connectivity index (χ0) is 23.2. The lowest BCUT2D eigenvalue weighted by Crippen LogP contribution is -2.31. The van der Waals surface area contributed by atoms with E-state index in [1.54, 1.807) is 29.2 Å². The van der Waals surface area contributed by atoms with Crippen molar-refractivity contribution in [3.8, 4) is 5.69 Å². The smallest absolute Gasteiger partial charge is 0.475 e.